The highest BCUT2D eigenvalue weighted by molar-refractivity contribution is 6.61. The highest BCUT2D eigenvalue weighted by Gasteiger charge is 1.99. The van der Waals surface area contributed by atoms with Crippen LogP contribution in [0.15, 0.2) is 14.6 Å². The van der Waals surface area contributed by atoms with E-state index in [0.29, 0.717) is 0 Å². The van der Waals surface area contributed by atoms with Gasteiger partial charge < -0.3 is 0 Å². The van der Waals surface area contributed by atoms with Crippen LogP contribution in [-0.4, -0.2) is 0 Å². The highest BCUT2D eigenvalue weighted by Crippen LogP contribution is 2.25. The van der Waals surface area contributed by atoms with Crippen LogP contribution in [0.3, 0.4) is 0 Å². The topological polar surface area (TPSA) is 0 Å². The molecule has 0 spiro atoms. The van der Waals surface area contributed by atoms with Gasteiger partial charge in [-0.3, -0.25) is 0 Å². The molecule has 0 bridgehead atoms. The standard InChI is InChI=1S/C4Cl4/c1-2(5)3(6)4(7)8. The Morgan fingerprint density at radius 1 is 1.00 bits per heavy atom. The Hall–Kier alpha value is 0.640. The highest BCUT2D eigenvalue weighted by atomic mass is 35.5. The first-order chi connectivity index (χ1) is 3.55. The largest absolute Gasteiger partial charge is 0.126 e. The molecule has 0 aliphatic heterocycles. The van der Waals surface area contributed by atoms with Crippen LogP contribution >= 0.6 is 46.4 Å². The molecular weight excluding hydrogens is 190 g/mol. The molecule has 0 aromatic rings. The summed E-state index contributed by atoms with van der Waals surface area (Å²) in [5, 5.41) is -0.485. The maximum atomic E-state index is 6.64. The normalized spacial score (nSPS) is 8.50. The lowest BCUT2D eigenvalue weighted by molar-refractivity contribution is 1.86. The van der Waals surface area contributed by atoms with Gasteiger partial charge in [-0.2, -0.15) is 0 Å². The molecule has 8 heavy (non-hydrogen) atoms. The first-order valence-electron chi connectivity index (χ1n) is 1.51. The summed E-state index contributed by atoms with van der Waals surface area (Å²) < 4.78 is -0.188. The first-order valence-corrected chi connectivity index (χ1v) is 3.02. The minimum absolute atomic E-state index is 0.130. The van der Waals surface area contributed by atoms with Crippen molar-refractivity contribution >= 4 is 46.4 Å². The third kappa shape index (κ3) is 2.83. The number of hydrogen-bond donors (Lipinski definition) is 0. The minimum Gasteiger partial charge on any atom is -0.0819 e. The van der Waals surface area contributed by atoms with Gasteiger partial charge >= 0.3 is 0 Å². The van der Waals surface area contributed by atoms with Gasteiger partial charge in [-0.25, -0.2) is 0 Å². The fraction of sp³-hybridized carbons (Fsp3) is 0. The molecule has 0 nitrogen and oxygen atoms in total. The Balaban J connectivity index is 4.23. The number of halogens is 4. The van der Waals surface area contributed by atoms with Crippen molar-refractivity contribution in [2.24, 2.45) is 0 Å². The zero-order valence-corrected chi connectivity index (χ0v) is 6.54. The zero-order valence-electron chi connectivity index (χ0n) is 3.51. The molecule has 0 unspecified atom stereocenters. The number of hydrogen-bond acceptors (Lipinski definition) is 0. The van der Waals surface area contributed by atoms with Gasteiger partial charge in [0.1, 0.15) is 4.49 Å². The average molecular weight is 190 g/mol. The summed E-state index contributed by atoms with van der Waals surface area (Å²) in [5.41, 5.74) is 0. The molecule has 0 rings (SSSR count). The second-order valence-corrected chi connectivity index (χ2v) is 2.59. The van der Waals surface area contributed by atoms with E-state index < -0.39 is 0 Å². The summed E-state index contributed by atoms with van der Waals surface area (Å²) in [6, 6.07) is 0. The van der Waals surface area contributed by atoms with Crippen molar-refractivity contribution in [2.45, 2.75) is 0 Å². The number of allylic oxidation sites excluding steroid dienone is 2. The molecular formula is C4Cl4. The van der Waals surface area contributed by atoms with Gasteiger partial charge in [0.15, 0.2) is 0 Å². The summed E-state index contributed by atoms with van der Waals surface area (Å²) >= 11 is 20.5. The quantitative estimate of drug-likeness (QED) is 0.556. The Morgan fingerprint density at radius 2 is 1.38 bits per heavy atom. The molecule has 0 saturated carbocycles. The van der Waals surface area contributed by atoms with Crippen LogP contribution in [0.4, 0.5) is 0 Å². The van der Waals surface area contributed by atoms with E-state index >= 15 is 0 Å². The molecule has 0 aliphatic rings. The van der Waals surface area contributed by atoms with E-state index in [-0.39, 0.29) is 14.6 Å². The zero-order chi connectivity index (χ0) is 6.73. The molecule has 0 fully saturated rings. The number of rotatable bonds is 1. The van der Waals surface area contributed by atoms with Crippen LogP contribution in [0.25, 0.3) is 0 Å². The van der Waals surface area contributed by atoms with Gasteiger partial charge in [-0.05, 0) is 0 Å². The third-order valence-corrected chi connectivity index (χ3v) is 1.59. The van der Waals surface area contributed by atoms with Crippen LogP contribution in [0.1, 0.15) is 0 Å². The summed E-state index contributed by atoms with van der Waals surface area (Å²) in [6.07, 6.45) is 0. The monoisotopic (exact) mass is 188 g/mol. The van der Waals surface area contributed by atoms with E-state index in [1.165, 1.54) is 0 Å². The molecule has 0 aromatic heterocycles. The third-order valence-electron chi connectivity index (χ3n) is 0.359. The molecule has 0 aromatic carbocycles. The lowest BCUT2D eigenvalue weighted by Crippen LogP contribution is -1.67. The van der Waals surface area contributed by atoms with E-state index in [2.05, 4.69) is 0 Å². The minimum atomic E-state index is -0.355. The Labute approximate surface area is 67.7 Å². The van der Waals surface area contributed by atoms with Crippen molar-refractivity contribution in [3.05, 3.63) is 21.1 Å². The van der Waals surface area contributed by atoms with Gasteiger partial charge in [0.05, 0.1) is 10.1 Å². The molecule has 0 amide bonds. The predicted molar refractivity (Wildman–Crippen MR) is 37.2 cm³/mol. The van der Waals surface area contributed by atoms with E-state index in [4.69, 9.17) is 53.0 Å². The van der Waals surface area contributed by atoms with Crippen molar-refractivity contribution in [3.8, 4) is 0 Å². The lowest BCUT2D eigenvalue weighted by Gasteiger charge is -1.89. The predicted octanol–water partition coefficient (Wildman–Crippen LogP) is 3.30. The Kier molecular flexibility index (Phi) is 3.91. The van der Waals surface area contributed by atoms with Gasteiger partial charge in [-0.15, -0.1) is 0 Å². The molecule has 4 heteroatoms. The van der Waals surface area contributed by atoms with E-state index in [1.54, 1.807) is 0 Å². The fourth-order valence-corrected chi connectivity index (χ4v) is 0.463. The van der Waals surface area contributed by atoms with Crippen molar-refractivity contribution in [1.29, 1.82) is 0 Å². The molecule has 44 valence electrons. The lowest BCUT2D eigenvalue weighted by atomic mass is 10.6. The SMILES string of the molecule is [C]=C(Cl)C(Cl)=C(Cl)Cl. The van der Waals surface area contributed by atoms with Crippen LogP contribution in [0.5, 0.6) is 0 Å². The summed E-state index contributed by atoms with van der Waals surface area (Å²) in [5.74, 6) is 0. The van der Waals surface area contributed by atoms with Crippen LogP contribution in [0.2, 0.25) is 0 Å². The van der Waals surface area contributed by atoms with Gasteiger partial charge in [-0.1, -0.05) is 46.4 Å². The smallest absolute Gasteiger partial charge is 0.0819 e. The Bertz CT molecular complexity index is 131. The molecule has 0 N–H and O–H groups in total. The molecule has 2 radical (unpaired) electrons. The maximum Gasteiger partial charge on any atom is 0.126 e. The van der Waals surface area contributed by atoms with Gasteiger partial charge in [0.2, 0.25) is 0 Å². The summed E-state index contributed by atoms with van der Waals surface area (Å²) in [7, 11) is 0. The van der Waals surface area contributed by atoms with Crippen molar-refractivity contribution < 1.29 is 0 Å². The molecule has 0 heterocycles. The first kappa shape index (κ1) is 8.64. The summed E-state index contributed by atoms with van der Waals surface area (Å²) in [6.45, 7) is 6.64. The Morgan fingerprint density at radius 3 is 1.38 bits per heavy atom. The second-order valence-electron chi connectivity index (χ2n) is 0.888. The van der Waals surface area contributed by atoms with E-state index in [0.717, 1.165) is 0 Å². The van der Waals surface area contributed by atoms with Crippen molar-refractivity contribution in [2.75, 3.05) is 0 Å². The van der Waals surface area contributed by atoms with Crippen molar-refractivity contribution in [1.82, 2.24) is 0 Å². The summed E-state index contributed by atoms with van der Waals surface area (Å²) in [4.78, 5) is 0. The van der Waals surface area contributed by atoms with Crippen molar-refractivity contribution in [3.63, 3.8) is 0 Å². The van der Waals surface area contributed by atoms with Crippen LogP contribution in [-0.2, 0) is 0 Å². The molecule has 0 aliphatic carbocycles. The van der Waals surface area contributed by atoms with Gasteiger partial charge in [0.25, 0.3) is 0 Å². The van der Waals surface area contributed by atoms with E-state index in [9.17, 15) is 0 Å². The maximum absolute atomic E-state index is 6.64. The average Bonchev–Trinajstić information content (AvgIpc) is 1.64. The fourth-order valence-electron chi connectivity index (χ4n) is 0.0830. The molecule has 0 atom stereocenters. The van der Waals surface area contributed by atoms with Crippen LogP contribution in [0, 0.1) is 6.58 Å². The van der Waals surface area contributed by atoms with Crippen LogP contribution < -0.4 is 0 Å². The molecule has 0 saturated heterocycles. The van der Waals surface area contributed by atoms with Gasteiger partial charge in [0, 0.05) is 6.58 Å². The second kappa shape index (κ2) is 3.62. The van der Waals surface area contributed by atoms with E-state index in [1.807, 2.05) is 0 Å².